The minimum absolute atomic E-state index is 0.151. The van der Waals surface area contributed by atoms with E-state index in [1.165, 1.54) is 0 Å². The van der Waals surface area contributed by atoms with Gasteiger partial charge in [0.05, 0.1) is 11.3 Å². The van der Waals surface area contributed by atoms with Crippen LogP contribution in [0.5, 0.6) is 0 Å². The van der Waals surface area contributed by atoms with Gasteiger partial charge in [0, 0.05) is 29.2 Å². The molecule has 0 saturated carbocycles. The molecular formula is C22H16F3N3O. The van der Waals surface area contributed by atoms with Crippen LogP contribution in [0.4, 0.5) is 18.9 Å². The van der Waals surface area contributed by atoms with E-state index in [1.807, 2.05) is 48.0 Å². The molecule has 2 heterocycles. The number of aryl methyl sites for hydroxylation is 1. The molecule has 0 spiro atoms. The highest BCUT2D eigenvalue weighted by atomic mass is 19.4. The molecule has 0 unspecified atom stereocenters. The number of nitrogens with one attached hydrogen (secondary N) is 1. The Morgan fingerprint density at radius 2 is 1.69 bits per heavy atom. The molecular weight excluding hydrogens is 379 g/mol. The van der Waals surface area contributed by atoms with Crippen molar-refractivity contribution in [2.24, 2.45) is 0 Å². The molecule has 146 valence electrons. The molecule has 4 aromatic rings. The predicted molar refractivity (Wildman–Crippen MR) is 105 cm³/mol. The lowest BCUT2D eigenvalue weighted by Gasteiger charge is -2.08. The van der Waals surface area contributed by atoms with Gasteiger partial charge >= 0.3 is 6.18 Å². The Hall–Kier alpha value is -3.61. The minimum Gasteiger partial charge on any atom is -0.322 e. The number of benzene rings is 2. The van der Waals surface area contributed by atoms with Crippen LogP contribution in [0.2, 0.25) is 0 Å². The van der Waals surface area contributed by atoms with Crippen LogP contribution in [0.1, 0.15) is 21.5 Å². The minimum atomic E-state index is -4.43. The molecule has 2 aromatic carbocycles. The summed E-state index contributed by atoms with van der Waals surface area (Å²) in [5, 5.41) is 2.68. The fraction of sp³-hybridized carbons (Fsp3) is 0.0909. The first kappa shape index (κ1) is 18.7. The number of fused-ring (bicyclic) bond motifs is 1. The number of anilines is 1. The number of aromatic nitrogens is 2. The first-order valence-corrected chi connectivity index (χ1v) is 8.84. The third-order valence-electron chi connectivity index (χ3n) is 4.53. The molecule has 0 aliphatic carbocycles. The normalized spacial score (nSPS) is 11.6. The molecule has 4 rings (SSSR count). The van der Waals surface area contributed by atoms with Crippen LogP contribution in [-0.4, -0.2) is 15.3 Å². The van der Waals surface area contributed by atoms with Gasteiger partial charge in [-0.05, 0) is 61.0 Å². The average Bonchev–Trinajstić information content (AvgIpc) is 3.11. The Bertz CT molecular complexity index is 1180. The summed E-state index contributed by atoms with van der Waals surface area (Å²) in [4.78, 5) is 16.9. The Kier molecular flexibility index (Phi) is 4.58. The molecule has 0 fully saturated rings. The lowest BCUT2D eigenvalue weighted by atomic mass is 10.1. The topological polar surface area (TPSA) is 46.4 Å². The molecule has 2 aromatic heterocycles. The number of carbonyl (C=O) groups is 1. The highest BCUT2D eigenvalue weighted by molar-refractivity contribution is 6.04. The zero-order chi connectivity index (χ0) is 20.6. The Balaban J connectivity index is 1.49. The number of pyridine rings is 1. The van der Waals surface area contributed by atoms with Crippen molar-refractivity contribution < 1.29 is 18.0 Å². The van der Waals surface area contributed by atoms with Gasteiger partial charge in [0.15, 0.2) is 0 Å². The standard InChI is InChI=1S/C22H16F3N3O/c1-14-10-11-28-13-19(27-20(28)12-14)15-4-8-18(9-5-15)26-21(29)16-2-6-17(7-3-16)22(23,24)25/h2-13H,1H3,(H,26,29). The summed E-state index contributed by atoms with van der Waals surface area (Å²) in [6.07, 6.45) is -0.564. The molecule has 0 atom stereocenters. The Morgan fingerprint density at radius 3 is 2.34 bits per heavy atom. The number of hydrogen-bond donors (Lipinski definition) is 1. The fourth-order valence-corrected chi connectivity index (χ4v) is 2.96. The van der Waals surface area contributed by atoms with E-state index in [1.54, 1.807) is 12.1 Å². The van der Waals surface area contributed by atoms with Crippen LogP contribution in [0, 0.1) is 6.92 Å². The van der Waals surface area contributed by atoms with Crippen molar-refractivity contribution in [3.63, 3.8) is 0 Å². The maximum atomic E-state index is 12.6. The van der Waals surface area contributed by atoms with E-state index in [2.05, 4.69) is 10.3 Å². The number of rotatable bonds is 3. The number of hydrogen-bond acceptors (Lipinski definition) is 2. The Labute approximate surface area is 164 Å². The molecule has 0 radical (unpaired) electrons. The van der Waals surface area contributed by atoms with E-state index in [4.69, 9.17) is 0 Å². The van der Waals surface area contributed by atoms with Crippen LogP contribution in [-0.2, 0) is 6.18 Å². The lowest BCUT2D eigenvalue weighted by Crippen LogP contribution is -2.12. The maximum Gasteiger partial charge on any atom is 0.416 e. The summed E-state index contributed by atoms with van der Waals surface area (Å²) in [5.41, 5.74) is 3.56. The molecule has 1 N–H and O–H groups in total. The van der Waals surface area contributed by atoms with Gasteiger partial charge in [0.1, 0.15) is 5.65 Å². The smallest absolute Gasteiger partial charge is 0.322 e. The zero-order valence-corrected chi connectivity index (χ0v) is 15.4. The van der Waals surface area contributed by atoms with Crippen LogP contribution < -0.4 is 5.32 Å². The molecule has 0 saturated heterocycles. The van der Waals surface area contributed by atoms with Gasteiger partial charge in [-0.25, -0.2) is 4.98 Å². The van der Waals surface area contributed by atoms with E-state index in [-0.39, 0.29) is 5.56 Å². The quantitative estimate of drug-likeness (QED) is 0.492. The SMILES string of the molecule is Cc1ccn2cc(-c3ccc(NC(=O)c4ccc(C(F)(F)F)cc4)cc3)nc2c1. The van der Waals surface area contributed by atoms with Crippen molar-refractivity contribution in [3.05, 3.63) is 89.7 Å². The summed E-state index contributed by atoms with van der Waals surface area (Å²) >= 11 is 0. The molecule has 7 heteroatoms. The van der Waals surface area contributed by atoms with E-state index >= 15 is 0 Å². The van der Waals surface area contributed by atoms with Crippen molar-refractivity contribution in [1.29, 1.82) is 0 Å². The van der Waals surface area contributed by atoms with Gasteiger partial charge in [-0.1, -0.05) is 12.1 Å². The number of alkyl halides is 3. The summed E-state index contributed by atoms with van der Waals surface area (Å²) in [6, 6.07) is 15.2. The van der Waals surface area contributed by atoms with E-state index < -0.39 is 17.6 Å². The number of halogens is 3. The lowest BCUT2D eigenvalue weighted by molar-refractivity contribution is -0.137. The highest BCUT2D eigenvalue weighted by Gasteiger charge is 2.30. The molecule has 0 bridgehead atoms. The van der Waals surface area contributed by atoms with Crippen molar-refractivity contribution in [1.82, 2.24) is 9.38 Å². The highest BCUT2D eigenvalue weighted by Crippen LogP contribution is 2.29. The van der Waals surface area contributed by atoms with Crippen molar-refractivity contribution in [2.45, 2.75) is 13.1 Å². The van der Waals surface area contributed by atoms with Crippen LogP contribution in [0.3, 0.4) is 0 Å². The van der Waals surface area contributed by atoms with Crippen molar-refractivity contribution >= 4 is 17.2 Å². The van der Waals surface area contributed by atoms with Crippen LogP contribution in [0.15, 0.2) is 73.1 Å². The van der Waals surface area contributed by atoms with Gasteiger partial charge < -0.3 is 9.72 Å². The molecule has 4 nitrogen and oxygen atoms in total. The largest absolute Gasteiger partial charge is 0.416 e. The predicted octanol–water partition coefficient (Wildman–Crippen LogP) is 5.58. The van der Waals surface area contributed by atoms with E-state index in [9.17, 15) is 18.0 Å². The number of amides is 1. The van der Waals surface area contributed by atoms with Crippen molar-refractivity contribution in [3.8, 4) is 11.3 Å². The van der Waals surface area contributed by atoms with Crippen molar-refractivity contribution in [2.75, 3.05) is 5.32 Å². The first-order chi connectivity index (χ1) is 13.8. The van der Waals surface area contributed by atoms with Gasteiger partial charge in [-0.15, -0.1) is 0 Å². The first-order valence-electron chi connectivity index (χ1n) is 8.84. The second-order valence-electron chi connectivity index (χ2n) is 6.70. The zero-order valence-electron chi connectivity index (χ0n) is 15.4. The van der Waals surface area contributed by atoms with Gasteiger partial charge in [-0.3, -0.25) is 4.79 Å². The van der Waals surface area contributed by atoms with Crippen LogP contribution >= 0.6 is 0 Å². The summed E-state index contributed by atoms with van der Waals surface area (Å²) in [6.45, 7) is 2.00. The third-order valence-corrected chi connectivity index (χ3v) is 4.53. The van der Waals surface area contributed by atoms with Gasteiger partial charge in [-0.2, -0.15) is 13.2 Å². The molecule has 0 aliphatic heterocycles. The van der Waals surface area contributed by atoms with Gasteiger partial charge in [0.2, 0.25) is 0 Å². The fourth-order valence-electron chi connectivity index (χ4n) is 2.96. The van der Waals surface area contributed by atoms with E-state index in [0.29, 0.717) is 5.69 Å². The molecule has 1 amide bonds. The third kappa shape index (κ3) is 3.99. The number of nitrogens with zero attached hydrogens (tertiary/aromatic N) is 2. The summed E-state index contributed by atoms with van der Waals surface area (Å²) in [5.74, 6) is -0.477. The maximum absolute atomic E-state index is 12.6. The number of imidazole rings is 1. The summed E-state index contributed by atoms with van der Waals surface area (Å²) < 4.78 is 39.8. The van der Waals surface area contributed by atoms with E-state index in [0.717, 1.165) is 46.7 Å². The number of carbonyl (C=O) groups excluding carboxylic acids is 1. The second-order valence-corrected chi connectivity index (χ2v) is 6.70. The molecule has 29 heavy (non-hydrogen) atoms. The second kappa shape index (κ2) is 7.09. The Morgan fingerprint density at radius 1 is 1.00 bits per heavy atom. The monoisotopic (exact) mass is 395 g/mol. The average molecular weight is 395 g/mol. The van der Waals surface area contributed by atoms with Gasteiger partial charge in [0.25, 0.3) is 5.91 Å². The molecule has 0 aliphatic rings. The summed E-state index contributed by atoms with van der Waals surface area (Å²) in [7, 11) is 0. The van der Waals surface area contributed by atoms with Crippen LogP contribution in [0.25, 0.3) is 16.9 Å².